The van der Waals surface area contributed by atoms with E-state index < -0.39 is 6.36 Å². The van der Waals surface area contributed by atoms with Gasteiger partial charge in [0, 0.05) is 24.5 Å². The van der Waals surface area contributed by atoms with E-state index in [0.717, 1.165) is 48.6 Å². The van der Waals surface area contributed by atoms with Crippen molar-refractivity contribution in [3.8, 4) is 22.9 Å². The first-order chi connectivity index (χ1) is 16.9. The van der Waals surface area contributed by atoms with Crippen molar-refractivity contribution < 1.29 is 22.3 Å². The van der Waals surface area contributed by atoms with Crippen LogP contribution in [0.15, 0.2) is 71.4 Å². The maximum atomic E-state index is 12.8. The molecule has 1 aliphatic heterocycles. The molecule has 0 radical (unpaired) electrons. The van der Waals surface area contributed by atoms with Crippen molar-refractivity contribution in [3.05, 3.63) is 84.0 Å². The van der Waals surface area contributed by atoms with Crippen molar-refractivity contribution >= 4 is 0 Å². The number of halogens is 3. The largest absolute Gasteiger partial charge is 0.573 e. The minimum absolute atomic E-state index is 0.0204. The van der Waals surface area contributed by atoms with E-state index in [2.05, 4.69) is 14.7 Å². The van der Waals surface area contributed by atoms with Gasteiger partial charge in [-0.05, 0) is 80.7 Å². The molecule has 182 valence electrons. The van der Waals surface area contributed by atoms with Crippen molar-refractivity contribution in [2.75, 3.05) is 13.1 Å². The van der Waals surface area contributed by atoms with Gasteiger partial charge in [-0.2, -0.15) is 5.10 Å². The number of likely N-dealkylation sites (tertiary alicyclic amines) is 1. The first-order valence-corrected chi connectivity index (χ1v) is 11.5. The number of rotatable bonds is 6. The Hall–Kier alpha value is -3.59. The molecule has 1 aliphatic rings. The average Bonchev–Trinajstić information content (AvgIpc) is 3.50. The molecule has 4 aromatic rings. The van der Waals surface area contributed by atoms with Crippen LogP contribution in [0.1, 0.15) is 35.8 Å². The summed E-state index contributed by atoms with van der Waals surface area (Å²) in [6, 6.07) is 16.2. The predicted molar refractivity (Wildman–Crippen MR) is 124 cm³/mol. The van der Waals surface area contributed by atoms with Gasteiger partial charge in [0.2, 0.25) is 5.89 Å². The molecule has 9 heteroatoms. The van der Waals surface area contributed by atoms with Crippen molar-refractivity contribution in [2.45, 2.75) is 38.6 Å². The first-order valence-electron chi connectivity index (χ1n) is 11.5. The summed E-state index contributed by atoms with van der Waals surface area (Å²) in [5.74, 6) is 1.25. The zero-order valence-corrected chi connectivity index (χ0v) is 19.2. The number of nitrogens with zero attached hydrogens (tertiary/aromatic N) is 4. The van der Waals surface area contributed by atoms with Gasteiger partial charge in [0.1, 0.15) is 11.5 Å². The van der Waals surface area contributed by atoms with Gasteiger partial charge in [-0.3, -0.25) is 4.90 Å². The summed E-state index contributed by atoms with van der Waals surface area (Å²) < 4.78 is 50.4. The highest BCUT2D eigenvalue weighted by molar-refractivity contribution is 5.56. The molecule has 0 aliphatic carbocycles. The Morgan fingerprint density at radius 1 is 1.03 bits per heavy atom. The first kappa shape index (κ1) is 23.2. The van der Waals surface area contributed by atoms with Crippen LogP contribution >= 0.6 is 0 Å². The van der Waals surface area contributed by atoms with E-state index in [1.165, 1.54) is 6.07 Å². The van der Waals surface area contributed by atoms with Crippen molar-refractivity contribution in [1.29, 1.82) is 0 Å². The summed E-state index contributed by atoms with van der Waals surface area (Å²) in [5.41, 5.74) is 3.32. The smallest absolute Gasteiger partial charge is 0.441 e. The molecule has 0 atom stereocenters. The number of hydrogen-bond donors (Lipinski definition) is 0. The van der Waals surface area contributed by atoms with Crippen molar-refractivity contribution in [2.24, 2.45) is 0 Å². The summed E-state index contributed by atoms with van der Waals surface area (Å²) in [7, 11) is 0. The van der Waals surface area contributed by atoms with E-state index in [9.17, 15) is 13.2 Å². The van der Waals surface area contributed by atoms with Crippen molar-refractivity contribution in [1.82, 2.24) is 19.7 Å². The highest BCUT2D eigenvalue weighted by Crippen LogP contribution is 2.37. The van der Waals surface area contributed by atoms with E-state index in [-0.39, 0.29) is 11.7 Å². The molecule has 1 fully saturated rings. The van der Waals surface area contributed by atoms with Crippen LogP contribution in [0.3, 0.4) is 0 Å². The van der Waals surface area contributed by atoms with Crippen LogP contribution in [0.25, 0.3) is 17.1 Å². The molecule has 0 saturated carbocycles. The van der Waals surface area contributed by atoms with Crippen molar-refractivity contribution in [3.63, 3.8) is 0 Å². The summed E-state index contributed by atoms with van der Waals surface area (Å²) >= 11 is 0. The van der Waals surface area contributed by atoms with Crippen LogP contribution in [-0.4, -0.2) is 39.1 Å². The quantitative estimate of drug-likeness (QED) is 0.332. The lowest BCUT2D eigenvalue weighted by molar-refractivity contribution is -0.275. The molecule has 3 heterocycles. The van der Waals surface area contributed by atoms with Gasteiger partial charge in [0.25, 0.3) is 0 Å². The maximum Gasteiger partial charge on any atom is 0.573 e. The molecule has 0 spiro atoms. The van der Waals surface area contributed by atoms with Gasteiger partial charge >= 0.3 is 6.36 Å². The lowest BCUT2D eigenvalue weighted by Crippen LogP contribution is -2.33. The zero-order chi connectivity index (χ0) is 24.4. The van der Waals surface area contributed by atoms with Crippen LogP contribution in [0.5, 0.6) is 5.75 Å². The highest BCUT2D eigenvalue weighted by Gasteiger charge is 2.33. The Labute approximate surface area is 201 Å². The average molecular weight is 483 g/mol. The third-order valence-electron chi connectivity index (χ3n) is 6.32. The Morgan fingerprint density at radius 2 is 1.77 bits per heavy atom. The number of aromatic nitrogens is 3. The number of benzene rings is 2. The van der Waals surface area contributed by atoms with Crippen LogP contribution in [0.2, 0.25) is 0 Å². The van der Waals surface area contributed by atoms with Gasteiger partial charge < -0.3 is 9.15 Å². The second-order valence-electron chi connectivity index (χ2n) is 8.66. The fourth-order valence-electron chi connectivity index (χ4n) is 4.53. The van der Waals surface area contributed by atoms with Gasteiger partial charge in [-0.15, -0.1) is 13.2 Å². The number of aryl methyl sites for hydroxylation is 1. The minimum atomic E-state index is -4.70. The molecule has 35 heavy (non-hydrogen) atoms. The summed E-state index contributed by atoms with van der Waals surface area (Å²) in [6.07, 6.45) is 0.412. The van der Waals surface area contributed by atoms with Gasteiger partial charge in [-0.1, -0.05) is 18.2 Å². The monoisotopic (exact) mass is 482 g/mol. The topological polar surface area (TPSA) is 56.3 Å². The van der Waals surface area contributed by atoms with E-state index >= 15 is 0 Å². The lowest BCUT2D eigenvalue weighted by Gasteiger charge is -2.32. The molecule has 0 amide bonds. The molecular weight excluding hydrogens is 457 g/mol. The fourth-order valence-corrected chi connectivity index (χ4v) is 4.53. The predicted octanol–water partition coefficient (Wildman–Crippen LogP) is 6.11. The standard InChI is InChI=1S/C26H25F3N4O2/c1-18-23(31-25(34-18)20-7-9-21(10-8-20)33-14-4-13-30-33)17-32-15-11-19(12-16-32)22-5-2-3-6-24(22)35-26(27,28)29/h2-10,13-14,19H,11-12,15-17H2,1H3. The molecule has 0 unspecified atom stereocenters. The fraction of sp³-hybridized carbons (Fsp3) is 0.308. The van der Waals surface area contributed by atoms with Gasteiger partial charge in [-0.25, -0.2) is 9.67 Å². The van der Waals surface area contributed by atoms with Crippen LogP contribution in [0, 0.1) is 6.92 Å². The Morgan fingerprint density at radius 3 is 2.46 bits per heavy atom. The van der Waals surface area contributed by atoms with Gasteiger partial charge in [0.05, 0.1) is 11.4 Å². The second-order valence-corrected chi connectivity index (χ2v) is 8.66. The van der Waals surface area contributed by atoms with E-state index in [4.69, 9.17) is 9.40 Å². The number of oxazole rings is 1. The molecule has 1 saturated heterocycles. The van der Waals surface area contributed by atoms with E-state index in [1.54, 1.807) is 29.1 Å². The van der Waals surface area contributed by atoms with Crippen LogP contribution in [-0.2, 0) is 6.54 Å². The Kier molecular flexibility index (Phi) is 6.34. The molecule has 0 bridgehead atoms. The van der Waals surface area contributed by atoms with Crippen LogP contribution in [0.4, 0.5) is 13.2 Å². The summed E-state index contributed by atoms with van der Waals surface area (Å²) in [6.45, 7) is 4.05. The molecular formula is C26H25F3N4O2. The second kappa shape index (κ2) is 9.58. The molecule has 5 rings (SSSR count). The summed E-state index contributed by atoms with van der Waals surface area (Å²) in [5, 5.41) is 4.23. The third kappa shape index (κ3) is 5.40. The minimum Gasteiger partial charge on any atom is -0.441 e. The number of hydrogen-bond acceptors (Lipinski definition) is 5. The van der Waals surface area contributed by atoms with Gasteiger partial charge in [0.15, 0.2) is 0 Å². The third-order valence-corrected chi connectivity index (χ3v) is 6.32. The zero-order valence-electron chi connectivity index (χ0n) is 19.2. The normalized spacial score (nSPS) is 15.4. The number of ether oxygens (including phenoxy) is 1. The molecule has 2 aromatic heterocycles. The Balaban J connectivity index is 1.22. The molecule has 6 nitrogen and oxygen atoms in total. The SMILES string of the molecule is Cc1oc(-c2ccc(-n3cccn3)cc2)nc1CN1CCC(c2ccccc2OC(F)(F)F)CC1. The Bertz CT molecular complexity index is 1260. The number of piperidine rings is 1. The molecule has 2 aromatic carbocycles. The van der Waals surface area contributed by atoms with E-state index in [0.29, 0.717) is 18.0 Å². The van der Waals surface area contributed by atoms with Crippen LogP contribution < -0.4 is 4.74 Å². The molecule has 0 N–H and O–H groups in total. The van der Waals surface area contributed by atoms with E-state index in [1.807, 2.05) is 43.5 Å². The maximum absolute atomic E-state index is 12.8. The number of para-hydroxylation sites is 1. The lowest BCUT2D eigenvalue weighted by atomic mass is 9.88. The highest BCUT2D eigenvalue weighted by atomic mass is 19.4. The summed E-state index contributed by atoms with van der Waals surface area (Å²) in [4.78, 5) is 6.99. The number of alkyl halides is 3.